The number of carboxylic acids is 2. The molecule has 0 amide bonds. The van der Waals surface area contributed by atoms with Crippen molar-refractivity contribution in [2.45, 2.75) is 6.92 Å². The number of hydrogen-bond donors (Lipinski definition) is 0. The second-order valence-corrected chi connectivity index (χ2v) is 1.91. The van der Waals surface area contributed by atoms with Gasteiger partial charge in [-0.15, -0.1) is 0 Å². The Morgan fingerprint density at radius 3 is 1.80 bits per heavy atom. The summed E-state index contributed by atoms with van der Waals surface area (Å²) in [4.78, 5) is 18.6. The molecule has 0 aliphatic carbocycles. The fraction of sp³-hybridized carbons (Fsp3) is 0.714. The maximum atomic E-state index is 9.69. The zero-order valence-corrected chi connectivity index (χ0v) is 15.4. The number of rotatable bonds is 5. The molecule has 0 aromatic carbocycles. The van der Waals surface area contributed by atoms with Gasteiger partial charge in [-0.1, -0.05) is 0 Å². The molecule has 0 saturated heterocycles. The minimum atomic E-state index is -1.20. The van der Waals surface area contributed by atoms with E-state index in [0.29, 0.717) is 13.2 Å². The van der Waals surface area contributed by atoms with Crippen LogP contribution >= 0.6 is 0 Å². The third-order valence-corrected chi connectivity index (χ3v) is 0.652. The molecular formula is C7H12Bi2O6+4. The molecule has 0 saturated carbocycles. The van der Waals surface area contributed by atoms with Gasteiger partial charge < -0.3 is 29.3 Å². The Morgan fingerprint density at radius 1 is 1.13 bits per heavy atom. The summed E-state index contributed by atoms with van der Waals surface area (Å²) in [5, 5.41) is 18.6. The molecule has 15 heavy (non-hydrogen) atoms. The van der Waals surface area contributed by atoms with Crippen molar-refractivity contribution in [3.8, 4) is 0 Å². The van der Waals surface area contributed by atoms with Crippen LogP contribution in [0.15, 0.2) is 0 Å². The van der Waals surface area contributed by atoms with E-state index in [1.165, 1.54) is 7.11 Å². The third kappa shape index (κ3) is 53.1. The van der Waals surface area contributed by atoms with E-state index in [1.54, 1.807) is 0 Å². The van der Waals surface area contributed by atoms with Crippen molar-refractivity contribution in [1.82, 2.24) is 0 Å². The predicted molar refractivity (Wildman–Crippen MR) is 49.9 cm³/mol. The average molecular weight is 610 g/mol. The van der Waals surface area contributed by atoms with Crippen LogP contribution in [0.25, 0.3) is 0 Å². The Balaban J connectivity index is -0.0000000883. The van der Waals surface area contributed by atoms with Crippen molar-refractivity contribution in [2.24, 2.45) is 0 Å². The molecule has 6 nitrogen and oxygen atoms in total. The molecule has 0 bridgehead atoms. The summed E-state index contributed by atoms with van der Waals surface area (Å²) in [7, 11) is 1.52. The molecule has 8 heteroatoms. The third-order valence-electron chi connectivity index (χ3n) is 0.652. The van der Waals surface area contributed by atoms with E-state index in [4.69, 9.17) is 9.90 Å². The van der Waals surface area contributed by atoms with Crippen LogP contribution in [0, 0.1) is 0 Å². The summed E-state index contributed by atoms with van der Waals surface area (Å²) in [6.07, 6.45) is 0. The normalized spacial score (nSPS) is 7.33. The minimum absolute atomic E-state index is 0. The molecule has 0 rings (SSSR count). The summed E-state index contributed by atoms with van der Waals surface area (Å²) in [5.41, 5.74) is 0. The quantitative estimate of drug-likeness (QED) is 0.236. The first-order valence-electron chi connectivity index (χ1n) is 3.44. The van der Waals surface area contributed by atoms with E-state index in [0.717, 1.165) is 6.92 Å². The van der Waals surface area contributed by atoms with Gasteiger partial charge in [0.1, 0.15) is 0 Å². The van der Waals surface area contributed by atoms with Gasteiger partial charge >= 0.3 is 52.4 Å². The smallest absolute Gasteiger partial charge is 0.550 e. The first kappa shape index (κ1) is 24.7. The van der Waals surface area contributed by atoms with Crippen LogP contribution in [0.2, 0.25) is 0 Å². The SMILES string of the molecule is CC(=O)[O-].COCCOCC(=O)[O-].[Bi+3].[Bi+3]. The number of aliphatic carboxylic acids is 2. The molecule has 0 aliphatic rings. The van der Waals surface area contributed by atoms with Crippen LogP contribution < -0.4 is 10.2 Å². The zero-order chi connectivity index (χ0) is 10.7. The molecule has 82 valence electrons. The van der Waals surface area contributed by atoms with Gasteiger partial charge in [0.2, 0.25) is 0 Å². The van der Waals surface area contributed by atoms with Gasteiger partial charge in [-0.2, -0.15) is 0 Å². The first-order chi connectivity index (χ1) is 6.00. The number of methoxy groups -OCH3 is 1. The largest absolute Gasteiger partial charge is 3.00 e. The van der Waals surface area contributed by atoms with Gasteiger partial charge in [0.25, 0.3) is 0 Å². The van der Waals surface area contributed by atoms with E-state index in [-0.39, 0.29) is 59.0 Å². The van der Waals surface area contributed by atoms with E-state index < -0.39 is 11.9 Å². The van der Waals surface area contributed by atoms with Crippen molar-refractivity contribution >= 4 is 64.3 Å². The number of carbonyl (C=O) groups excluding carboxylic acids is 2. The zero-order valence-electron chi connectivity index (χ0n) is 8.47. The van der Waals surface area contributed by atoms with E-state index in [2.05, 4.69) is 9.47 Å². The molecule has 0 fully saturated rings. The molecule has 0 aliphatic heterocycles. The number of ether oxygens (including phenoxy) is 2. The molecule has 0 unspecified atom stereocenters. The fourth-order valence-electron chi connectivity index (χ4n) is 0.298. The van der Waals surface area contributed by atoms with Gasteiger partial charge in [0.05, 0.1) is 25.8 Å². The minimum Gasteiger partial charge on any atom is -0.550 e. The molecule has 0 aromatic heterocycles. The number of carbonyl (C=O) groups is 2. The monoisotopic (exact) mass is 610 g/mol. The Hall–Kier alpha value is 0.626. The Morgan fingerprint density at radius 2 is 1.53 bits per heavy atom. The second kappa shape index (κ2) is 20.1. The fourth-order valence-corrected chi connectivity index (χ4v) is 0.298. The van der Waals surface area contributed by atoms with E-state index in [9.17, 15) is 9.90 Å². The summed E-state index contributed by atoms with van der Waals surface area (Å²) in [5.74, 6) is -2.29. The Labute approximate surface area is 127 Å². The Kier molecular flexibility index (Phi) is 33.1. The topological polar surface area (TPSA) is 98.7 Å². The van der Waals surface area contributed by atoms with Crippen LogP contribution in [0.4, 0.5) is 0 Å². The Bertz CT molecular complexity index is 148. The standard InChI is InChI=1S/C5H10O4.C2H4O2.2Bi/c1-8-2-3-9-4-5(6)7;1-2(3)4;;/h2-4H2,1H3,(H,6,7);1H3,(H,3,4);;/q;;2*+3/p-2. The van der Waals surface area contributed by atoms with Crippen molar-refractivity contribution in [3.63, 3.8) is 0 Å². The van der Waals surface area contributed by atoms with Crippen molar-refractivity contribution in [3.05, 3.63) is 0 Å². The van der Waals surface area contributed by atoms with Gasteiger partial charge in [-0.05, 0) is 6.92 Å². The molecule has 0 spiro atoms. The summed E-state index contributed by atoms with van der Waals surface area (Å²) >= 11 is 0. The second-order valence-electron chi connectivity index (χ2n) is 1.91. The molecular weight excluding hydrogens is 598 g/mol. The summed E-state index contributed by atoms with van der Waals surface area (Å²) in [6.45, 7) is 1.32. The summed E-state index contributed by atoms with van der Waals surface area (Å²) < 4.78 is 9.13. The maximum Gasteiger partial charge on any atom is 3.00 e. The van der Waals surface area contributed by atoms with Gasteiger partial charge in [0.15, 0.2) is 0 Å². The van der Waals surface area contributed by atoms with Crippen molar-refractivity contribution in [2.75, 3.05) is 26.9 Å². The van der Waals surface area contributed by atoms with E-state index in [1.807, 2.05) is 0 Å². The average Bonchev–Trinajstić information content (AvgIpc) is 1.97. The van der Waals surface area contributed by atoms with Gasteiger partial charge in [0, 0.05) is 13.1 Å². The predicted octanol–water partition coefficient (Wildman–Crippen LogP) is -3.61. The molecule has 0 aromatic rings. The van der Waals surface area contributed by atoms with Crippen LogP contribution in [-0.2, 0) is 19.1 Å². The molecule has 0 N–H and O–H groups in total. The van der Waals surface area contributed by atoms with Crippen LogP contribution in [0.1, 0.15) is 6.92 Å². The van der Waals surface area contributed by atoms with Crippen molar-refractivity contribution < 1.29 is 29.3 Å². The molecule has 4 radical (unpaired) electrons. The van der Waals surface area contributed by atoms with E-state index >= 15 is 0 Å². The number of hydrogen-bond acceptors (Lipinski definition) is 6. The first-order valence-corrected chi connectivity index (χ1v) is 3.44. The van der Waals surface area contributed by atoms with Gasteiger partial charge in [-0.3, -0.25) is 0 Å². The summed E-state index contributed by atoms with van der Waals surface area (Å²) in [6, 6.07) is 0. The number of carboxylic acid groups (broad SMARTS) is 2. The van der Waals surface area contributed by atoms with Gasteiger partial charge in [-0.25, -0.2) is 0 Å². The van der Waals surface area contributed by atoms with Crippen molar-refractivity contribution in [1.29, 1.82) is 0 Å². The molecule has 0 heterocycles. The molecule has 0 atom stereocenters. The van der Waals surface area contributed by atoms with Crippen LogP contribution in [-0.4, -0.2) is 91.3 Å². The van der Waals surface area contributed by atoms with Crippen LogP contribution in [0.5, 0.6) is 0 Å². The maximum absolute atomic E-state index is 9.69. The van der Waals surface area contributed by atoms with Crippen LogP contribution in [0.3, 0.4) is 0 Å².